The monoisotopic (exact) mass is 365 g/mol. The molecule has 6 nitrogen and oxygen atoms in total. The van der Waals surface area contributed by atoms with E-state index in [4.69, 9.17) is 9.47 Å². The van der Waals surface area contributed by atoms with Crippen molar-refractivity contribution in [2.45, 2.75) is 13.0 Å². The Morgan fingerprint density at radius 1 is 1.15 bits per heavy atom. The summed E-state index contributed by atoms with van der Waals surface area (Å²) in [5.41, 5.74) is 3.35. The number of fused-ring (bicyclic) bond motifs is 2. The zero-order valence-electron chi connectivity index (χ0n) is 14.4. The number of nitrogens with zero attached hydrogens (tertiary/aromatic N) is 2. The van der Waals surface area contributed by atoms with Gasteiger partial charge in [0.05, 0.1) is 0 Å². The molecule has 0 saturated carbocycles. The molecular weight excluding hydrogens is 349 g/mol. The van der Waals surface area contributed by atoms with Gasteiger partial charge in [0.25, 0.3) is 5.91 Å². The van der Waals surface area contributed by atoms with Crippen LogP contribution in [0.3, 0.4) is 0 Å². The SMILES string of the molecule is O=C(c1ccc2c(c1)OCO2)N1CCc2[nH]nc(-c3ccccc3F)c2C1. The molecule has 3 aromatic rings. The van der Waals surface area contributed by atoms with Crippen LogP contribution in [0.4, 0.5) is 4.39 Å². The second-order valence-corrected chi connectivity index (χ2v) is 6.55. The van der Waals surface area contributed by atoms with Gasteiger partial charge in [-0.1, -0.05) is 12.1 Å². The number of aromatic amines is 1. The second-order valence-electron chi connectivity index (χ2n) is 6.55. The maximum atomic E-state index is 14.2. The van der Waals surface area contributed by atoms with Crippen molar-refractivity contribution in [3.8, 4) is 22.8 Å². The summed E-state index contributed by atoms with van der Waals surface area (Å²) in [6, 6.07) is 11.7. The molecule has 0 spiro atoms. The van der Waals surface area contributed by atoms with Gasteiger partial charge in [0.2, 0.25) is 6.79 Å². The van der Waals surface area contributed by atoms with Crippen LogP contribution in [0.15, 0.2) is 42.5 Å². The lowest BCUT2D eigenvalue weighted by atomic mass is 10.00. The summed E-state index contributed by atoms with van der Waals surface area (Å²) >= 11 is 0. The molecule has 0 bridgehead atoms. The Labute approximate surface area is 154 Å². The van der Waals surface area contributed by atoms with Gasteiger partial charge >= 0.3 is 0 Å². The van der Waals surface area contributed by atoms with Crippen LogP contribution in [0.1, 0.15) is 21.6 Å². The molecule has 136 valence electrons. The molecule has 1 N–H and O–H groups in total. The predicted molar refractivity (Wildman–Crippen MR) is 95.0 cm³/mol. The Hall–Kier alpha value is -3.35. The standard InChI is InChI=1S/C20H16FN3O3/c21-15-4-2-1-3-13(15)19-14-10-24(8-7-16(14)22-23-19)20(25)12-5-6-17-18(9-12)27-11-26-17/h1-6,9H,7-8,10-11H2,(H,22,23). The Kier molecular flexibility index (Phi) is 3.60. The number of rotatable bonds is 2. The van der Waals surface area contributed by atoms with E-state index >= 15 is 0 Å². The molecule has 2 aliphatic heterocycles. The number of H-pyrrole nitrogens is 1. The highest BCUT2D eigenvalue weighted by molar-refractivity contribution is 5.95. The zero-order chi connectivity index (χ0) is 18.4. The highest BCUT2D eigenvalue weighted by atomic mass is 19.1. The van der Waals surface area contributed by atoms with Crippen LogP contribution >= 0.6 is 0 Å². The molecule has 1 amide bonds. The third-order valence-electron chi connectivity index (χ3n) is 4.97. The summed E-state index contributed by atoms with van der Waals surface area (Å²) in [7, 11) is 0. The van der Waals surface area contributed by atoms with E-state index in [2.05, 4.69) is 10.2 Å². The van der Waals surface area contributed by atoms with E-state index in [0.717, 1.165) is 11.3 Å². The van der Waals surface area contributed by atoms with E-state index in [1.807, 2.05) is 0 Å². The smallest absolute Gasteiger partial charge is 0.254 e. The number of aromatic nitrogens is 2. The number of ether oxygens (including phenoxy) is 2. The first-order chi connectivity index (χ1) is 13.2. The summed E-state index contributed by atoms with van der Waals surface area (Å²) < 4.78 is 24.9. The van der Waals surface area contributed by atoms with Gasteiger partial charge in [0.1, 0.15) is 11.5 Å². The van der Waals surface area contributed by atoms with Gasteiger partial charge in [0.15, 0.2) is 11.5 Å². The molecule has 2 aliphatic rings. The molecule has 27 heavy (non-hydrogen) atoms. The van der Waals surface area contributed by atoms with Crippen LogP contribution in [-0.4, -0.2) is 34.3 Å². The number of carbonyl (C=O) groups excluding carboxylic acids is 1. The fourth-order valence-electron chi connectivity index (χ4n) is 3.56. The van der Waals surface area contributed by atoms with E-state index in [0.29, 0.717) is 47.8 Å². The van der Waals surface area contributed by atoms with Crippen LogP contribution < -0.4 is 9.47 Å². The highest BCUT2D eigenvalue weighted by Crippen LogP contribution is 2.34. The summed E-state index contributed by atoms with van der Waals surface area (Å²) in [5.74, 6) is 0.795. The van der Waals surface area contributed by atoms with Gasteiger partial charge in [-0.15, -0.1) is 0 Å². The molecule has 0 atom stereocenters. The molecule has 1 aromatic heterocycles. The van der Waals surface area contributed by atoms with Crippen molar-refractivity contribution < 1.29 is 18.7 Å². The van der Waals surface area contributed by atoms with E-state index in [9.17, 15) is 9.18 Å². The fraction of sp³-hybridized carbons (Fsp3) is 0.200. The minimum atomic E-state index is -0.328. The lowest BCUT2D eigenvalue weighted by Gasteiger charge is -2.27. The van der Waals surface area contributed by atoms with Crippen molar-refractivity contribution in [3.63, 3.8) is 0 Å². The average Bonchev–Trinajstić information content (AvgIpc) is 3.33. The predicted octanol–water partition coefficient (Wildman–Crippen LogP) is 3.14. The molecule has 0 aliphatic carbocycles. The van der Waals surface area contributed by atoms with Crippen LogP contribution in [0.25, 0.3) is 11.3 Å². The van der Waals surface area contributed by atoms with Crippen molar-refractivity contribution >= 4 is 5.91 Å². The zero-order valence-corrected chi connectivity index (χ0v) is 14.4. The number of hydrogen-bond acceptors (Lipinski definition) is 4. The molecular formula is C20H16FN3O3. The van der Waals surface area contributed by atoms with Gasteiger partial charge in [-0.05, 0) is 30.3 Å². The Bertz CT molecular complexity index is 1050. The molecule has 5 rings (SSSR count). The van der Waals surface area contributed by atoms with E-state index in [1.54, 1.807) is 41.3 Å². The van der Waals surface area contributed by atoms with Gasteiger partial charge in [-0.2, -0.15) is 5.10 Å². The van der Waals surface area contributed by atoms with Crippen molar-refractivity contribution in [2.24, 2.45) is 0 Å². The summed E-state index contributed by atoms with van der Waals surface area (Å²) in [6.07, 6.45) is 0.646. The third kappa shape index (κ3) is 2.63. The second kappa shape index (κ2) is 6.12. The number of nitrogens with one attached hydrogen (secondary N) is 1. The third-order valence-corrected chi connectivity index (χ3v) is 4.97. The van der Waals surface area contributed by atoms with Crippen molar-refractivity contribution in [3.05, 3.63) is 65.1 Å². The minimum Gasteiger partial charge on any atom is -0.454 e. The number of benzene rings is 2. The molecule has 0 fully saturated rings. The molecule has 3 heterocycles. The molecule has 0 unspecified atom stereocenters. The van der Waals surface area contributed by atoms with Gasteiger partial charge in [0, 0.05) is 41.9 Å². The Morgan fingerprint density at radius 3 is 2.89 bits per heavy atom. The minimum absolute atomic E-state index is 0.0976. The maximum Gasteiger partial charge on any atom is 0.254 e. The lowest BCUT2D eigenvalue weighted by molar-refractivity contribution is 0.0734. The largest absolute Gasteiger partial charge is 0.454 e. The fourth-order valence-corrected chi connectivity index (χ4v) is 3.56. The number of hydrogen-bond donors (Lipinski definition) is 1. The first-order valence-electron chi connectivity index (χ1n) is 8.70. The average molecular weight is 365 g/mol. The Balaban J connectivity index is 1.45. The van der Waals surface area contributed by atoms with Crippen molar-refractivity contribution in [1.29, 1.82) is 0 Å². The molecule has 7 heteroatoms. The number of carbonyl (C=O) groups is 1. The number of halogens is 1. The van der Waals surface area contributed by atoms with E-state index in [1.165, 1.54) is 6.07 Å². The van der Waals surface area contributed by atoms with E-state index in [-0.39, 0.29) is 18.5 Å². The van der Waals surface area contributed by atoms with Crippen molar-refractivity contribution in [2.75, 3.05) is 13.3 Å². The van der Waals surface area contributed by atoms with Crippen LogP contribution in [-0.2, 0) is 13.0 Å². The summed E-state index contributed by atoms with van der Waals surface area (Å²) in [4.78, 5) is 14.7. The first-order valence-corrected chi connectivity index (χ1v) is 8.70. The summed E-state index contributed by atoms with van der Waals surface area (Å²) in [6.45, 7) is 1.11. The topological polar surface area (TPSA) is 67.5 Å². The van der Waals surface area contributed by atoms with Gasteiger partial charge in [-0.25, -0.2) is 4.39 Å². The van der Waals surface area contributed by atoms with Crippen LogP contribution in [0.2, 0.25) is 0 Å². The van der Waals surface area contributed by atoms with Crippen LogP contribution in [0.5, 0.6) is 11.5 Å². The molecule has 2 aromatic carbocycles. The highest BCUT2D eigenvalue weighted by Gasteiger charge is 2.28. The molecule has 0 saturated heterocycles. The Morgan fingerprint density at radius 2 is 2.00 bits per heavy atom. The lowest BCUT2D eigenvalue weighted by Crippen LogP contribution is -2.35. The maximum absolute atomic E-state index is 14.2. The van der Waals surface area contributed by atoms with Gasteiger partial charge < -0.3 is 14.4 Å². The summed E-state index contributed by atoms with van der Waals surface area (Å²) in [5, 5.41) is 7.30. The molecule has 0 radical (unpaired) electrons. The normalized spacial score (nSPS) is 14.9. The number of amides is 1. The van der Waals surface area contributed by atoms with Gasteiger partial charge in [-0.3, -0.25) is 9.89 Å². The van der Waals surface area contributed by atoms with Crippen molar-refractivity contribution in [1.82, 2.24) is 15.1 Å². The quantitative estimate of drug-likeness (QED) is 0.758. The van der Waals surface area contributed by atoms with E-state index < -0.39 is 0 Å². The van der Waals surface area contributed by atoms with Crippen LogP contribution in [0, 0.1) is 5.82 Å². The first kappa shape index (κ1) is 15.9.